The molecule has 3 atom stereocenters. The van der Waals surface area contributed by atoms with E-state index in [1.807, 2.05) is 4.90 Å². The molecule has 2 saturated carbocycles. The lowest BCUT2D eigenvalue weighted by Gasteiger charge is -2.33. The molecule has 0 radical (unpaired) electrons. The van der Waals surface area contributed by atoms with Crippen LogP contribution in [-0.2, 0) is 4.79 Å². The minimum absolute atomic E-state index is 0.000605. The number of rotatable bonds is 4. The topological polar surface area (TPSA) is 71.3 Å². The zero-order chi connectivity index (χ0) is 17.8. The van der Waals surface area contributed by atoms with Crippen molar-refractivity contribution in [2.75, 3.05) is 18.4 Å². The summed E-state index contributed by atoms with van der Waals surface area (Å²) >= 11 is 0. The number of amides is 1. The molecular formula is C16H21F3N4O2. The molecule has 3 aliphatic rings. The van der Waals surface area contributed by atoms with Crippen LogP contribution in [0.1, 0.15) is 50.8 Å². The SMILES string of the molecule is C[C@H](Nc1nnc([C@@H]2C[C@H]2C(F)(F)F)o1)C(=O)N1CCC2(CC1)CC2. The first kappa shape index (κ1) is 16.7. The van der Waals surface area contributed by atoms with Crippen LogP contribution < -0.4 is 5.32 Å². The van der Waals surface area contributed by atoms with E-state index in [1.54, 1.807) is 6.92 Å². The van der Waals surface area contributed by atoms with E-state index < -0.39 is 24.1 Å². The van der Waals surface area contributed by atoms with Gasteiger partial charge in [-0.1, -0.05) is 5.10 Å². The number of likely N-dealkylation sites (tertiary alicyclic amines) is 1. The molecule has 4 rings (SSSR count). The summed E-state index contributed by atoms with van der Waals surface area (Å²) in [6.45, 7) is 3.22. The molecule has 0 bridgehead atoms. The first-order valence-corrected chi connectivity index (χ1v) is 8.73. The van der Waals surface area contributed by atoms with E-state index in [0.29, 0.717) is 5.41 Å². The average Bonchev–Trinajstić information content (AvgIpc) is 3.47. The van der Waals surface area contributed by atoms with Crippen molar-refractivity contribution in [3.05, 3.63) is 5.89 Å². The second-order valence-electron chi connectivity index (χ2n) is 7.63. The molecule has 1 aliphatic heterocycles. The summed E-state index contributed by atoms with van der Waals surface area (Å²) in [6, 6.07) is -0.557. The third-order valence-electron chi connectivity index (χ3n) is 5.77. The van der Waals surface area contributed by atoms with Crippen LogP contribution in [-0.4, -0.2) is 46.3 Å². The van der Waals surface area contributed by atoms with E-state index in [1.165, 1.54) is 12.8 Å². The average molecular weight is 358 g/mol. The van der Waals surface area contributed by atoms with Gasteiger partial charge in [-0.25, -0.2) is 0 Å². The third kappa shape index (κ3) is 3.32. The Hall–Kier alpha value is -1.80. The number of hydrogen-bond acceptors (Lipinski definition) is 5. The highest BCUT2D eigenvalue weighted by molar-refractivity contribution is 5.83. The summed E-state index contributed by atoms with van der Waals surface area (Å²) in [5.74, 6) is -2.22. The maximum Gasteiger partial charge on any atom is 0.392 e. The monoisotopic (exact) mass is 358 g/mol. The van der Waals surface area contributed by atoms with Crippen LogP contribution in [0.15, 0.2) is 4.42 Å². The molecule has 1 aromatic rings. The number of hydrogen-bond donors (Lipinski definition) is 1. The zero-order valence-electron chi connectivity index (χ0n) is 14.0. The maximum atomic E-state index is 12.6. The molecule has 2 heterocycles. The number of nitrogens with one attached hydrogen (secondary N) is 1. The van der Waals surface area contributed by atoms with Gasteiger partial charge in [0.15, 0.2) is 0 Å². The third-order valence-corrected chi connectivity index (χ3v) is 5.77. The Bertz CT molecular complexity index is 661. The zero-order valence-corrected chi connectivity index (χ0v) is 14.0. The van der Waals surface area contributed by atoms with E-state index >= 15 is 0 Å². The van der Waals surface area contributed by atoms with Crippen LogP contribution >= 0.6 is 0 Å². The summed E-state index contributed by atoms with van der Waals surface area (Å²) in [6.07, 6.45) is 0.396. The van der Waals surface area contributed by atoms with Gasteiger partial charge in [0.2, 0.25) is 11.8 Å². The maximum absolute atomic E-state index is 12.6. The largest absolute Gasteiger partial charge is 0.408 e. The van der Waals surface area contributed by atoms with Gasteiger partial charge < -0.3 is 14.6 Å². The number of anilines is 1. The summed E-state index contributed by atoms with van der Waals surface area (Å²) < 4.78 is 43.1. The number of aromatic nitrogens is 2. The van der Waals surface area contributed by atoms with Gasteiger partial charge in [0.1, 0.15) is 6.04 Å². The van der Waals surface area contributed by atoms with E-state index in [9.17, 15) is 18.0 Å². The highest BCUT2D eigenvalue weighted by Crippen LogP contribution is 2.56. The number of nitrogens with zero attached hydrogens (tertiary/aromatic N) is 3. The minimum Gasteiger partial charge on any atom is -0.408 e. The predicted molar refractivity (Wildman–Crippen MR) is 81.8 cm³/mol. The quantitative estimate of drug-likeness (QED) is 0.896. The Morgan fingerprint density at radius 1 is 1.28 bits per heavy atom. The molecule has 1 spiro atoms. The summed E-state index contributed by atoms with van der Waals surface area (Å²) in [5, 5.41) is 10.2. The lowest BCUT2D eigenvalue weighted by molar-refractivity contribution is -0.149. The van der Waals surface area contributed by atoms with Gasteiger partial charge >= 0.3 is 12.2 Å². The van der Waals surface area contributed by atoms with Crippen molar-refractivity contribution >= 4 is 11.9 Å². The van der Waals surface area contributed by atoms with Gasteiger partial charge in [0.25, 0.3) is 0 Å². The molecule has 25 heavy (non-hydrogen) atoms. The predicted octanol–water partition coefficient (Wildman–Crippen LogP) is 2.94. The molecule has 6 nitrogen and oxygen atoms in total. The van der Waals surface area contributed by atoms with E-state index in [-0.39, 0.29) is 24.2 Å². The first-order chi connectivity index (χ1) is 11.8. The van der Waals surface area contributed by atoms with E-state index in [2.05, 4.69) is 15.5 Å². The Morgan fingerprint density at radius 2 is 1.96 bits per heavy atom. The van der Waals surface area contributed by atoms with Gasteiger partial charge in [0, 0.05) is 19.0 Å². The van der Waals surface area contributed by atoms with Gasteiger partial charge in [-0.15, -0.1) is 5.10 Å². The lowest BCUT2D eigenvalue weighted by atomic mass is 9.93. The molecule has 3 fully saturated rings. The second-order valence-corrected chi connectivity index (χ2v) is 7.63. The number of carbonyl (C=O) groups is 1. The van der Waals surface area contributed by atoms with Crippen LogP contribution in [0, 0.1) is 11.3 Å². The number of alkyl halides is 3. The fraction of sp³-hybridized carbons (Fsp3) is 0.812. The Kier molecular flexibility index (Phi) is 3.73. The number of carbonyl (C=O) groups excluding carboxylic acids is 1. The Labute approximate surface area is 143 Å². The molecule has 1 saturated heterocycles. The van der Waals surface area contributed by atoms with E-state index in [0.717, 1.165) is 25.9 Å². The first-order valence-electron chi connectivity index (χ1n) is 8.73. The van der Waals surface area contributed by atoms with Crippen molar-refractivity contribution in [2.24, 2.45) is 11.3 Å². The molecule has 0 aromatic carbocycles. The van der Waals surface area contributed by atoms with Crippen molar-refractivity contribution in [3.63, 3.8) is 0 Å². The molecule has 1 N–H and O–H groups in total. The highest BCUT2D eigenvalue weighted by atomic mass is 19.4. The van der Waals surface area contributed by atoms with Crippen molar-refractivity contribution in [2.45, 2.75) is 57.2 Å². The van der Waals surface area contributed by atoms with Crippen LogP contribution in [0.25, 0.3) is 0 Å². The van der Waals surface area contributed by atoms with Gasteiger partial charge in [0.05, 0.1) is 5.92 Å². The molecule has 1 amide bonds. The molecule has 138 valence electrons. The molecule has 9 heteroatoms. The van der Waals surface area contributed by atoms with Crippen molar-refractivity contribution in [1.29, 1.82) is 0 Å². The summed E-state index contributed by atoms with van der Waals surface area (Å²) in [7, 11) is 0. The van der Waals surface area contributed by atoms with Gasteiger partial charge in [-0.2, -0.15) is 13.2 Å². The molecular weight excluding hydrogens is 337 g/mol. The fourth-order valence-electron chi connectivity index (χ4n) is 3.67. The standard InChI is InChI=1S/C16H21F3N4O2/c1-9(13(24)23-6-4-15(2-3-15)5-7-23)20-14-22-21-12(25-14)10-8-11(10)16(17,18)19/h9-11H,2-8H2,1H3,(H,20,22)/t9-,10+,11+/m0/s1. The molecule has 1 aromatic heterocycles. The lowest BCUT2D eigenvalue weighted by Crippen LogP contribution is -2.45. The molecule has 0 unspecified atom stereocenters. The highest BCUT2D eigenvalue weighted by Gasteiger charge is 2.58. The summed E-state index contributed by atoms with van der Waals surface area (Å²) in [5.41, 5.74) is 0.494. The fourth-order valence-corrected chi connectivity index (χ4v) is 3.67. The van der Waals surface area contributed by atoms with Crippen LogP contribution in [0.3, 0.4) is 0 Å². The minimum atomic E-state index is -4.23. The smallest absolute Gasteiger partial charge is 0.392 e. The van der Waals surface area contributed by atoms with Crippen molar-refractivity contribution in [3.8, 4) is 0 Å². The van der Waals surface area contributed by atoms with Gasteiger partial charge in [-0.05, 0) is 44.4 Å². The second kappa shape index (κ2) is 5.60. The molecule has 2 aliphatic carbocycles. The Balaban J connectivity index is 1.31. The Morgan fingerprint density at radius 3 is 2.52 bits per heavy atom. The number of halogens is 3. The van der Waals surface area contributed by atoms with Crippen molar-refractivity contribution in [1.82, 2.24) is 15.1 Å². The number of piperidine rings is 1. The summed E-state index contributed by atoms with van der Waals surface area (Å²) in [4.78, 5) is 14.3. The van der Waals surface area contributed by atoms with Crippen LogP contribution in [0.4, 0.5) is 19.2 Å². The normalized spacial score (nSPS) is 28.7. The van der Waals surface area contributed by atoms with E-state index in [4.69, 9.17) is 4.42 Å². The van der Waals surface area contributed by atoms with Crippen molar-refractivity contribution < 1.29 is 22.4 Å². The van der Waals surface area contributed by atoms with Crippen LogP contribution in [0.2, 0.25) is 0 Å². The van der Waals surface area contributed by atoms with Gasteiger partial charge in [-0.3, -0.25) is 4.79 Å². The van der Waals surface area contributed by atoms with Crippen LogP contribution in [0.5, 0.6) is 0 Å².